The van der Waals surface area contributed by atoms with Gasteiger partial charge < -0.3 is 0 Å². The van der Waals surface area contributed by atoms with E-state index in [0.717, 1.165) is 0 Å². The van der Waals surface area contributed by atoms with E-state index in [0.29, 0.717) is 0 Å². The standard InChI is InChI=1S/4C8H17.4C4H9.2Sn/c4*1-3-5-7-8-6-4-2;4*1-3-4-2;;/h4*1,3-8H2,2H3;4*1,3-4H2,2H3;;. The molecule has 0 aliphatic heterocycles. The molecule has 0 aromatic carbocycles. The Labute approximate surface area is 330 Å². The molecule has 304 valence electrons. The molecule has 0 aromatic heterocycles. The molecule has 0 nitrogen and oxygen atoms in total. The van der Waals surface area contributed by atoms with Crippen molar-refractivity contribution in [2.75, 3.05) is 0 Å². The predicted octanol–water partition coefficient (Wildman–Crippen LogP) is 19.5. The molecule has 0 fully saturated rings. The SMILES string of the molecule is CCCCCCC[CH2][Sn]([CH2]CCCCCCC)([CH2]CCCCCCC)[CH2]CCCCCCC.CCC[CH2][Sn]([CH2]CCC)([CH2]CCC)[CH2]CCC. The van der Waals surface area contributed by atoms with Crippen LogP contribution >= 0.6 is 0 Å². The average Bonchev–Trinajstić information content (AvgIpc) is 3.13. The molecule has 2 heteroatoms. The number of unbranched alkanes of at least 4 members (excludes halogenated alkanes) is 24. The van der Waals surface area contributed by atoms with Crippen molar-refractivity contribution in [3.63, 3.8) is 0 Å². The van der Waals surface area contributed by atoms with Crippen LogP contribution in [-0.4, -0.2) is 36.8 Å². The van der Waals surface area contributed by atoms with Crippen LogP contribution < -0.4 is 0 Å². The van der Waals surface area contributed by atoms with Crippen LogP contribution in [0, 0.1) is 0 Å². The van der Waals surface area contributed by atoms with Gasteiger partial charge in [0.1, 0.15) is 0 Å². The van der Waals surface area contributed by atoms with E-state index in [4.69, 9.17) is 0 Å². The molecule has 50 heavy (non-hydrogen) atoms. The molecule has 0 saturated heterocycles. The third-order valence-electron chi connectivity index (χ3n) is 12.5. The Morgan fingerprint density at radius 3 is 0.480 bits per heavy atom. The summed E-state index contributed by atoms with van der Waals surface area (Å²) < 4.78 is 13.8. The maximum absolute atomic E-state index is 2.37. The summed E-state index contributed by atoms with van der Waals surface area (Å²) in [5.41, 5.74) is 0. The summed E-state index contributed by atoms with van der Waals surface area (Å²) in [4.78, 5) is 0. The first-order valence-corrected chi connectivity index (χ1v) is 40.6. The molecule has 0 spiro atoms. The first-order valence-electron chi connectivity index (χ1n) is 24.5. The van der Waals surface area contributed by atoms with E-state index in [1.165, 1.54) is 154 Å². The van der Waals surface area contributed by atoms with Crippen LogP contribution in [0.3, 0.4) is 0 Å². The fourth-order valence-corrected chi connectivity index (χ4v) is 41.4. The second-order valence-corrected chi connectivity index (χ2v) is 46.0. The summed E-state index contributed by atoms with van der Waals surface area (Å²) >= 11 is -3.66. The van der Waals surface area contributed by atoms with E-state index in [1.807, 2.05) is 0 Å². The molecule has 0 aliphatic carbocycles. The van der Waals surface area contributed by atoms with Crippen LogP contribution in [0.5, 0.6) is 0 Å². The van der Waals surface area contributed by atoms with E-state index < -0.39 is 36.8 Å². The van der Waals surface area contributed by atoms with Crippen molar-refractivity contribution in [3.8, 4) is 0 Å². The quantitative estimate of drug-likeness (QED) is 0.0424. The molecule has 0 radical (unpaired) electrons. The van der Waals surface area contributed by atoms with Crippen LogP contribution in [-0.2, 0) is 0 Å². The minimum atomic E-state index is -1.97. The van der Waals surface area contributed by atoms with Gasteiger partial charge in [-0.25, -0.2) is 0 Å². The molecule has 0 unspecified atom stereocenters. The zero-order chi connectivity index (χ0) is 37.3. The van der Waals surface area contributed by atoms with Gasteiger partial charge in [0.2, 0.25) is 0 Å². The molecule has 0 rings (SSSR count). The average molecular weight is 919 g/mol. The van der Waals surface area contributed by atoms with E-state index in [1.54, 1.807) is 86.9 Å². The van der Waals surface area contributed by atoms with Crippen LogP contribution in [0.15, 0.2) is 0 Å². The van der Waals surface area contributed by atoms with Crippen molar-refractivity contribution in [1.29, 1.82) is 0 Å². The Balaban J connectivity index is 0. The Morgan fingerprint density at radius 1 is 0.160 bits per heavy atom. The summed E-state index contributed by atoms with van der Waals surface area (Å²) in [7, 11) is 0. The Bertz CT molecular complexity index is 494. The molecule has 0 heterocycles. The zero-order valence-corrected chi connectivity index (χ0v) is 43.0. The normalized spacial score (nSPS) is 12.0. The number of hydrogen-bond acceptors (Lipinski definition) is 0. The zero-order valence-electron chi connectivity index (χ0n) is 37.3. The van der Waals surface area contributed by atoms with Gasteiger partial charge in [-0.15, -0.1) is 0 Å². The monoisotopic (exact) mass is 921 g/mol. The molecular formula is C48H104Sn2. The number of rotatable bonds is 40. The topological polar surface area (TPSA) is 0 Å². The summed E-state index contributed by atoms with van der Waals surface area (Å²) in [6.45, 7) is 18.9. The van der Waals surface area contributed by atoms with Gasteiger partial charge in [0.25, 0.3) is 0 Å². The first-order chi connectivity index (χ1) is 24.5. The van der Waals surface area contributed by atoms with Crippen LogP contribution in [0.2, 0.25) is 35.5 Å². The second-order valence-electron chi connectivity index (χ2n) is 17.5. The summed E-state index contributed by atoms with van der Waals surface area (Å²) in [5.74, 6) is 0. The summed E-state index contributed by atoms with van der Waals surface area (Å²) in [6, 6.07) is 0. The van der Waals surface area contributed by atoms with Crippen LogP contribution in [0.25, 0.3) is 0 Å². The molecular weight excluding hydrogens is 814 g/mol. The minimum absolute atomic E-state index is 1.39. The van der Waals surface area contributed by atoms with Gasteiger partial charge in [0, 0.05) is 0 Å². The second kappa shape index (κ2) is 43.3. The molecule has 0 bridgehead atoms. The van der Waals surface area contributed by atoms with E-state index in [-0.39, 0.29) is 0 Å². The third kappa shape index (κ3) is 35.3. The van der Waals surface area contributed by atoms with Crippen molar-refractivity contribution in [3.05, 3.63) is 0 Å². The van der Waals surface area contributed by atoms with Gasteiger partial charge >= 0.3 is 333 Å². The molecule has 0 aromatic rings. The molecule has 0 aliphatic rings. The van der Waals surface area contributed by atoms with Gasteiger partial charge in [-0.3, -0.25) is 0 Å². The van der Waals surface area contributed by atoms with Crippen LogP contribution in [0.4, 0.5) is 0 Å². The van der Waals surface area contributed by atoms with Crippen molar-refractivity contribution < 1.29 is 0 Å². The van der Waals surface area contributed by atoms with Gasteiger partial charge in [-0.2, -0.15) is 0 Å². The summed E-state index contributed by atoms with van der Waals surface area (Å²) in [5, 5.41) is 0. The molecule has 0 atom stereocenters. The fourth-order valence-electron chi connectivity index (χ4n) is 8.83. The van der Waals surface area contributed by atoms with E-state index >= 15 is 0 Å². The predicted molar refractivity (Wildman–Crippen MR) is 243 cm³/mol. The van der Waals surface area contributed by atoms with Gasteiger partial charge in [-0.05, 0) is 0 Å². The van der Waals surface area contributed by atoms with Crippen LogP contribution in [0.1, 0.15) is 261 Å². The fraction of sp³-hybridized carbons (Fsp3) is 1.00. The van der Waals surface area contributed by atoms with Crippen molar-refractivity contribution in [2.45, 2.75) is 296 Å². The van der Waals surface area contributed by atoms with Crippen molar-refractivity contribution >= 4 is 36.8 Å². The Hall–Kier alpha value is 1.60. The maximum atomic E-state index is 2.37. The van der Waals surface area contributed by atoms with Gasteiger partial charge in [0.05, 0.1) is 0 Å². The van der Waals surface area contributed by atoms with Gasteiger partial charge in [0.15, 0.2) is 0 Å². The van der Waals surface area contributed by atoms with E-state index in [2.05, 4.69) is 55.4 Å². The number of hydrogen-bond donors (Lipinski definition) is 0. The summed E-state index contributed by atoms with van der Waals surface area (Å²) in [6.07, 6.45) is 47.8. The van der Waals surface area contributed by atoms with Crippen molar-refractivity contribution in [1.82, 2.24) is 0 Å². The molecule has 0 N–H and O–H groups in total. The Morgan fingerprint density at radius 2 is 0.300 bits per heavy atom. The van der Waals surface area contributed by atoms with Gasteiger partial charge in [-0.1, -0.05) is 0 Å². The third-order valence-corrected chi connectivity index (χ3v) is 44.8. The van der Waals surface area contributed by atoms with Crippen molar-refractivity contribution in [2.24, 2.45) is 0 Å². The first kappa shape index (κ1) is 53.7. The Kier molecular flexibility index (Phi) is 46.5. The molecule has 0 saturated carbocycles. The molecule has 0 amide bonds. The van der Waals surface area contributed by atoms with E-state index in [9.17, 15) is 0 Å².